The summed E-state index contributed by atoms with van der Waals surface area (Å²) in [5, 5.41) is 19.0. The van der Waals surface area contributed by atoms with Crippen LogP contribution in [-0.2, 0) is 0 Å². The molecule has 0 aromatic heterocycles. The predicted molar refractivity (Wildman–Crippen MR) is 74.6 cm³/mol. The third kappa shape index (κ3) is 3.50. The van der Waals surface area contributed by atoms with Crippen molar-refractivity contribution in [3.05, 3.63) is 59.4 Å². The molecule has 1 N–H and O–H groups in total. The summed E-state index contributed by atoms with van der Waals surface area (Å²) in [6.07, 6.45) is -1.00. The van der Waals surface area contributed by atoms with Gasteiger partial charge in [0.1, 0.15) is 24.5 Å². The van der Waals surface area contributed by atoms with Gasteiger partial charge < -0.3 is 14.6 Å². The second kappa shape index (κ2) is 6.73. The molecule has 0 spiro atoms. The van der Waals surface area contributed by atoms with Crippen molar-refractivity contribution >= 4 is 0 Å². The molecule has 0 aliphatic carbocycles. The molecule has 0 saturated heterocycles. The van der Waals surface area contributed by atoms with Crippen molar-refractivity contribution in [2.75, 3.05) is 13.7 Å². The van der Waals surface area contributed by atoms with Crippen molar-refractivity contribution < 1.29 is 19.0 Å². The summed E-state index contributed by atoms with van der Waals surface area (Å²) in [6, 6.07) is 12.9. The summed E-state index contributed by atoms with van der Waals surface area (Å²) in [5.41, 5.74) is 0.758. The fraction of sp³-hybridized carbons (Fsp3) is 0.188. The minimum absolute atomic E-state index is 0.0789. The number of methoxy groups -OCH3 is 1. The first-order valence-corrected chi connectivity index (χ1v) is 6.29. The van der Waals surface area contributed by atoms with Crippen molar-refractivity contribution in [2.24, 2.45) is 0 Å². The van der Waals surface area contributed by atoms with Crippen molar-refractivity contribution in [3.63, 3.8) is 0 Å². The molecule has 2 rings (SSSR count). The highest BCUT2D eigenvalue weighted by atomic mass is 19.1. The van der Waals surface area contributed by atoms with E-state index in [9.17, 15) is 9.50 Å². The topological polar surface area (TPSA) is 62.5 Å². The number of hydrogen-bond acceptors (Lipinski definition) is 4. The van der Waals surface area contributed by atoms with Gasteiger partial charge in [0, 0.05) is 0 Å². The molecule has 2 aromatic carbocycles. The number of halogens is 1. The Morgan fingerprint density at radius 3 is 2.67 bits per heavy atom. The molecule has 1 unspecified atom stereocenters. The summed E-state index contributed by atoms with van der Waals surface area (Å²) in [4.78, 5) is 0. The molecule has 0 amide bonds. The van der Waals surface area contributed by atoms with Crippen LogP contribution >= 0.6 is 0 Å². The van der Waals surface area contributed by atoms with Crippen LogP contribution in [0.5, 0.6) is 11.5 Å². The zero-order valence-electron chi connectivity index (χ0n) is 11.4. The van der Waals surface area contributed by atoms with E-state index in [4.69, 9.17) is 14.7 Å². The Bertz CT molecular complexity index is 667. The number of hydrogen-bond donors (Lipinski definition) is 1. The first-order chi connectivity index (χ1) is 10.2. The lowest BCUT2D eigenvalue weighted by Crippen LogP contribution is -2.10. The maximum absolute atomic E-state index is 13.6. The van der Waals surface area contributed by atoms with Crippen molar-refractivity contribution in [1.29, 1.82) is 5.26 Å². The summed E-state index contributed by atoms with van der Waals surface area (Å²) in [5.74, 6) is -0.0544. The molecule has 0 heterocycles. The van der Waals surface area contributed by atoms with Gasteiger partial charge >= 0.3 is 0 Å². The van der Waals surface area contributed by atoms with Crippen LogP contribution in [0.2, 0.25) is 0 Å². The summed E-state index contributed by atoms with van der Waals surface area (Å²) in [6.45, 7) is -0.0789. The number of para-hydroxylation sites is 1. The van der Waals surface area contributed by atoms with E-state index in [-0.39, 0.29) is 12.4 Å². The number of benzene rings is 2. The summed E-state index contributed by atoms with van der Waals surface area (Å²) < 4.78 is 23.8. The Morgan fingerprint density at radius 2 is 2.00 bits per heavy atom. The van der Waals surface area contributed by atoms with E-state index in [0.29, 0.717) is 16.9 Å². The largest absolute Gasteiger partial charge is 0.494 e. The number of nitriles is 1. The molecule has 0 radical (unpaired) electrons. The lowest BCUT2D eigenvalue weighted by Gasteiger charge is -2.14. The van der Waals surface area contributed by atoms with Crippen LogP contribution in [0.3, 0.4) is 0 Å². The number of ether oxygens (including phenoxy) is 2. The third-order valence-electron chi connectivity index (χ3n) is 2.96. The molecule has 1 atom stereocenters. The van der Waals surface area contributed by atoms with Gasteiger partial charge in [0.15, 0.2) is 11.6 Å². The first kappa shape index (κ1) is 14.8. The molecule has 0 aliphatic heterocycles. The first-order valence-electron chi connectivity index (χ1n) is 6.29. The van der Waals surface area contributed by atoms with Gasteiger partial charge in [-0.3, -0.25) is 0 Å². The molecule has 108 valence electrons. The Morgan fingerprint density at radius 1 is 1.24 bits per heavy atom. The fourth-order valence-electron chi connectivity index (χ4n) is 1.84. The second-order valence-corrected chi connectivity index (χ2v) is 4.33. The van der Waals surface area contributed by atoms with Gasteiger partial charge in [-0.15, -0.1) is 0 Å². The number of aliphatic hydroxyl groups is 1. The zero-order chi connectivity index (χ0) is 15.2. The minimum atomic E-state index is -1.00. The van der Waals surface area contributed by atoms with E-state index in [2.05, 4.69) is 0 Å². The van der Waals surface area contributed by atoms with E-state index in [1.54, 1.807) is 30.3 Å². The van der Waals surface area contributed by atoms with Crippen molar-refractivity contribution in [2.45, 2.75) is 6.10 Å². The quantitative estimate of drug-likeness (QED) is 0.918. The van der Waals surface area contributed by atoms with Crippen LogP contribution in [0, 0.1) is 17.1 Å². The molecule has 0 bridgehead atoms. The van der Waals surface area contributed by atoms with Gasteiger partial charge in [0.25, 0.3) is 0 Å². The van der Waals surface area contributed by atoms with Crippen LogP contribution in [0.15, 0.2) is 42.5 Å². The molecule has 0 aliphatic rings. The molecule has 5 heteroatoms. The highest BCUT2D eigenvalue weighted by Crippen LogP contribution is 2.23. The van der Waals surface area contributed by atoms with E-state index in [0.717, 1.165) is 0 Å². The predicted octanol–water partition coefficient (Wildman–Crippen LogP) is 2.82. The van der Waals surface area contributed by atoms with Gasteiger partial charge in [0.2, 0.25) is 0 Å². The number of nitrogens with zero attached hydrogens (tertiary/aromatic N) is 1. The number of rotatable bonds is 5. The third-order valence-corrected chi connectivity index (χ3v) is 2.96. The van der Waals surface area contributed by atoms with Crippen LogP contribution in [0.1, 0.15) is 17.2 Å². The fourth-order valence-corrected chi connectivity index (χ4v) is 1.84. The standard InChI is InChI=1S/C16H14FNO3/c1-20-16-7-6-11(8-13(16)17)14(19)10-21-15-5-3-2-4-12(15)9-18/h2-8,14,19H,10H2,1H3. The zero-order valence-corrected chi connectivity index (χ0v) is 11.4. The normalized spacial score (nSPS) is 11.5. The van der Waals surface area contributed by atoms with Gasteiger partial charge in [0.05, 0.1) is 12.7 Å². The van der Waals surface area contributed by atoms with Gasteiger partial charge in [-0.05, 0) is 29.8 Å². The molecule has 0 saturated carbocycles. The molecule has 4 nitrogen and oxygen atoms in total. The summed E-state index contributed by atoms with van der Waals surface area (Å²) in [7, 11) is 1.37. The van der Waals surface area contributed by atoms with E-state index in [1.165, 1.54) is 19.2 Å². The van der Waals surface area contributed by atoms with Crippen LogP contribution < -0.4 is 9.47 Å². The highest BCUT2D eigenvalue weighted by molar-refractivity contribution is 5.42. The van der Waals surface area contributed by atoms with Crippen LogP contribution in [0.25, 0.3) is 0 Å². The Hall–Kier alpha value is -2.58. The monoisotopic (exact) mass is 287 g/mol. The molecule has 0 fully saturated rings. The van der Waals surface area contributed by atoms with Crippen molar-refractivity contribution in [3.8, 4) is 17.6 Å². The highest BCUT2D eigenvalue weighted by Gasteiger charge is 2.13. The summed E-state index contributed by atoms with van der Waals surface area (Å²) >= 11 is 0. The SMILES string of the molecule is COc1ccc(C(O)COc2ccccc2C#N)cc1F. The van der Waals surface area contributed by atoms with E-state index >= 15 is 0 Å². The molecule has 21 heavy (non-hydrogen) atoms. The Labute approximate surface area is 122 Å². The molecular formula is C16H14FNO3. The molecule has 2 aromatic rings. The minimum Gasteiger partial charge on any atom is -0.494 e. The van der Waals surface area contributed by atoms with Crippen LogP contribution in [0.4, 0.5) is 4.39 Å². The van der Waals surface area contributed by atoms with E-state index in [1.807, 2.05) is 6.07 Å². The average molecular weight is 287 g/mol. The van der Waals surface area contributed by atoms with E-state index < -0.39 is 11.9 Å². The van der Waals surface area contributed by atoms with Gasteiger partial charge in [-0.1, -0.05) is 18.2 Å². The average Bonchev–Trinajstić information content (AvgIpc) is 2.52. The van der Waals surface area contributed by atoms with Crippen LogP contribution in [-0.4, -0.2) is 18.8 Å². The van der Waals surface area contributed by atoms with Gasteiger partial charge in [-0.25, -0.2) is 4.39 Å². The Kier molecular flexibility index (Phi) is 4.75. The number of aliphatic hydroxyl groups excluding tert-OH is 1. The van der Waals surface area contributed by atoms with Gasteiger partial charge in [-0.2, -0.15) is 5.26 Å². The maximum Gasteiger partial charge on any atom is 0.165 e. The lowest BCUT2D eigenvalue weighted by molar-refractivity contribution is 0.107. The Balaban J connectivity index is 2.07. The maximum atomic E-state index is 13.6. The lowest BCUT2D eigenvalue weighted by atomic mass is 10.1. The molecular weight excluding hydrogens is 273 g/mol. The smallest absolute Gasteiger partial charge is 0.165 e. The second-order valence-electron chi connectivity index (χ2n) is 4.33. The van der Waals surface area contributed by atoms with Crippen molar-refractivity contribution in [1.82, 2.24) is 0 Å².